The van der Waals surface area contributed by atoms with Crippen molar-refractivity contribution in [2.45, 2.75) is 26.5 Å². The van der Waals surface area contributed by atoms with Crippen molar-refractivity contribution >= 4 is 34.8 Å². The van der Waals surface area contributed by atoms with Crippen LogP contribution in [-0.2, 0) is 19.6 Å². The highest BCUT2D eigenvalue weighted by Crippen LogP contribution is 2.37. The Bertz CT molecular complexity index is 1110. The molecule has 0 aliphatic rings. The molecule has 0 radical (unpaired) electrons. The molecule has 3 aromatic rings. The zero-order chi connectivity index (χ0) is 24.5. The van der Waals surface area contributed by atoms with Gasteiger partial charge in [-0.05, 0) is 73.0 Å². The van der Waals surface area contributed by atoms with Crippen LogP contribution in [0, 0.1) is 0 Å². The third kappa shape index (κ3) is 7.09. The normalized spacial score (nSPS) is 10.8. The van der Waals surface area contributed by atoms with Crippen LogP contribution in [0.4, 0.5) is 0 Å². The van der Waals surface area contributed by atoms with Gasteiger partial charge >= 0.3 is 0 Å². The summed E-state index contributed by atoms with van der Waals surface area (Å²) >= 11 is 18.6. The largest absolute Gasteiger partial charge is 0.493 e. The van der Waals surface area contributed by atoms with Gasteiger partial charge in [0.2, 0.25) is 0 Å². The topological polar surface area (TPSA) is 49.0 Å². The van der Waals surface area contributed by atoms with Gasteiger partial charge in [0.15, 0.2) is 23.0 Å². The fraction of sp³-hybridized carbons (Fsp3) is 0.308. The zero-order valence-electron chi connectivity index (χ0n) is 19.4. The summed E-state index contributed by atoms with van der Waals surface area (Å²) in [5.74, 6) is 2.55. The van der Waals surface area contributed by atoms with Crippen LogP contribution in [0.1, 0.15) is 23.6 Å². The Morgan fingerprint density at radius 1 is 0.706 bits per heavy atom. The fourth-order valence-electron chi connectivity index (χ4n) is 3.41. The summed E-state index contributed by atoms with van der Waals surface area (Å²) in [6.45, 7) is 4.13. The van der Waals surface area contributed by atoms with Gasteiger partial charge in [-0.25, -0.2) is 0 Å². The summed E-state index contributed by atoms with van der Waals surface area (Å²) < 4.78 is 22.4. The number of ether oxygens (including phenoxy) is 4. The molecule has 0 aliphatic heterocycles. The van der Waals surface area contributed by atoms with Gasteiger partial charge in [-0.2, -0.15) is 0 Å². The SMILES string of the molecule is CCOc1cc(CNCCc2ccc(OC)c(OC)c2)cc(Cl)c1OCc1ccc(Cl)c(Cl)c1. The van der Waals surface area contributed by atoms with E-state index in [1.54, 1.807) is 26.4 Å². The van der Waals surface area contributed by atoms with E-state index in [4.69, 9.17) is 53.8 Å². The molecule has 0 fully saturated rings. The number of methoxy groups -OCH3 is 2. The minimum Gasteiger partial charge on any atom is -0.493 e. The van der Waals surface area contributed by atoms with Crippen molar-refractivity contribution in [3.05, 3.63) is 80.3 Å². The van der Waals surface area contributed by atoms with E-state index in [2.05, 4.69) is 5.32 Å². The summed E-state index contributed by atoms with van der Waals surface area (Å²) in [5, 5.41) is 4.92. The van der Waals surface area contributed by atoms with Gasteiger partial charge in [0.1, 0.15) is 6.61 Å². The van der Waals surface area contributed by atoms with Crippen molar-refractivity contribution < 1.29 is 18.9 Å². The molecule has 0 aromatic heterocycles. The lowest BCUT2D eigenvalue weighted by molar-refractivity contribution is 0.269. The highest BCUT2D eigenvalue weighted by atomic mass is 35.5. The smallest absolute Gasteiger partial charge is 0.180 e. The van der Waals surface area contributed by atoms with Crippen LogP contribution in [0.25, 0.3) is 0 Å². The second-order valence-corrected chi connectivity index (χ2v) is 8.71. The lowest BCUT2D eigenvalue weighted by atomic mass is 10.1. The van der Waals surface area contributed by atoms with E-state index >= 15 is 0 Å². The Kier molecular flexibility index (Phi) is 10.0. The summed E-state index contributed by atoms with van der Waals surface area (Å²) in [4.78, 5) is 0. The summed E-state index contributed by atoms with van der Waals surface area (Å²) in [5.41, 5.74) is 3.04. The number of hydrogen-bond acceptors (Lipinski definition) is 5. The van der Waals surface area contributed by atoms with E-state index in [0.29, 0.717) is 46.3 Å². The van der Waals surface area contributed by atoms with Gasteiger partial charge in [0.05, 0.1) is 35.9 Å². The first-order valence-electron chi connectivity index (χ1n) is 10.9. The molecule has 0 heterocycles. The lowest BCUT2D eigenvalue weighted by Gasteiger charge is -2.16. The molecule has 3 aromatic carbocycles. The molecule has 3 rings (SSSR count). The summed E-state index contributed by atoms with van der Waals surface area (Å²) in [6.07, 6.45) is 0.844. The minimum absolute atomic E-state index is 0.291. The van der Waals surface area contributed by atoms with Crippen LogP contribution in [0.3, 0.4) is 0 Å². The van der Waals surface area contributed by atoms with Gasteiger partial charge in [-0.15, -0.1) is 0 Å². The van der Waals surface area contributed by atoms with Gasteiger partial charge < -0.3 is 24.3 Å². The monoisotopic (exact) mass is 523 g/mol. The Balaban J connectivity index is 1.61. The number of rotatable bonds is 12. The van der Waals surface area contributed by atoms with E-state index in [-0.39, 0.29) is 0 Å². The van der Waals surface area contributed by atoms with Gasteiger partial charge in [0.25, 0.3) is 0 Å². The second kappa shape index (κ2) is 13.0. The number of halogens is 3. The van der Waals surface area contributed by atoms with E-state index in [1.165, 1.54) is 0 Å². The van der Waals surface area contributed by atoms with Gasteiger partial charge in [-0.1, -0.05) is 46.9 Å². The maximum atomic E-state index is 6.56. The second-order valence-electron chi connectivity index (χ2n) is 7.49. The van der Waals surface area contributed by atoms with E-state index in [9.17, 15) is 0 Å². The molecular formula is C26H28Cl3NO4. The third-order valence-electron chi connectivity index (χ3n) is 5.10. The highest BCUT2D eigenvalue weighted by molar-refractivity contribution is 6.42. The summed E-state index contributed by atoms with van der Waals surface area (Å²) in [6, 6.07) is 15.1. The predicted molar refractivity (Wildman–Crippen MR) is 138 cm³/mol. The Labute approximate surface area is 215 Å². The molecule has 0 spiro atoms. The first-order valence-corrected chi connectivity index (χ1v) is 12.0. The Hall–Kier alpha value is -2.31. The van der Waals surface area contributed by atoms with E-state index in [1.807, 2.05) is 43.3 Å². The van der Waals surface area contributed by atoms with Crippen LogP contribution in [-0.4, -0.2) is 27.4 Å². The summed E-state index contributed by atoms with van der Waals surface area (Å²) in [7, 11) is 3.27. The Morgan fingerprint density at radius 3 is 2.12 bits per heavy atom. The molecule has 0 aliphatic carbocycles. The fourth-order valence-corrected chi connectivity index (χ4v) is 4.02. The molecule has 0 unspecified atom stereocenters. The molecular weight excluding hydrogens is 497 g/mol. The van der Waals surface area contributed by atoms with Crippen molar-refractivity contribution in [3.8, 4) is 23.0 Å². The van der Waals surface area contributed by atoms with Crippen LogP contribution < -0.4 is 24.3 Å². The minimum atomic E-state index is 0.291. The molecule has 0 bridgehead atoms. The lowest BCUT2D eigenvalue weighted by Crippen LogP contribution is -2.17. The van der Waals surface area contributed by atoms with E-state index < -0.39 is 0 Å². The molecule has 1 N–H and O–H groups in total. The molecule has 0 amide bonds. The maximum Gasteiger partial charge on any atom is 0.180 e. The standard InChI is InChI=1S/C26H28Cl3NO4/c1-4-33-25-14-19(15-30-10-9-17-6-8-23(31-2)24(13-17)32-3)12-22(29)26(25)34-16-18-5-7-20(27)21(28)11-18/h5-8,11-14,30H,4,9-10,15-16H2,1-3H3. The number of benzene rings is 3. The van der Waals surface area contributed by atoms with E-state index in [0.717, 1.165) is 41.2 Å². The Morgan fingerprint density at radius 2 is 1.41 bits per heavy atom. The molecule has 5 nitrogen and oxygen atoms in total. The van der Waals surface area contributed by atoms with Crippen LogP contribution in [0.5, 0.6) is 23.0 Å². The molecule has 34 heavy (non-hydrogen) atoms. The van der Waals surface area contributed by atoms with Gasteiger partial charge in [-0.3, -0.25) is 0 Å². The van der Waals surface area contributed by atoms with Crippen molar-refractivity contribution in [2.24, 2.45) is 0 Å². The van der Waals surface area contributed by atoms with Crippen LogP contribution in [0.2, 0.25) is 15.1 Å². The number of nitrogens with one attached hydrogen (secondary N) is 1. The molecule has 0 atom stereocenters. The third-order valence-corrected chi connectivity index (χ3v) is 6.12. The van der Waals surface area contributed by atoms with Crippen molar-refractivity contribution in [2.75, 3.05) is 27.4 Å². The molecule has 0 saturated heterocycles. The maximum absolute atomic E-state index is 6.56. The zero-order valence-corrected chi connectivity index (χ0v) is 21.7. The average molecular weight is 525 g/mol. The van der Waals surface area contributed by atoms with Crippen molar-refractivity contribution in [1.29, 1.82) is 0 Å². The van der Waals surface area contributed by atoms with Crippen molar-refractivity contribution in [1.82, 2.24) is 5.32 Å². The molecule has 8 heteroatoms. The number of hydrogen-bond donors (Lipinski definition) is 1. The predicted octanol–water partition coefficient (Wildman–Crippen LogP) is 6.97. The average Bonchev–Trinajstić information content (AvgIpc) is 2.83. The van der Waals surface area contributed by atoms with Gasteiger partial charge in [0, 0.05) is 6.54 Å². The molecule has 0 saturated carbocycles. The first-order chi connectivity index (χ1) is 16.4. The highest BCUT2D eigenvalue weighted by Gasteiger charge is 2.14. The van der Waals surface area contributed by atoms with Crippen molar-refractivity contribution in [3.63, 3.8) is 0 Å². The first kappa shape index (κ1) is 26.3. The quantitative estimate of drug-likeness (QED) is 0.259. The van der Waals surface area contributed by atoms with Crippen LogP contribution in [0.15, 0.2) is 48.5 Å². The molecule has 182 valence electrons. The van der Waals surface area contributed by atoms with Crippen LogP contribution >= 0.6 is 34.8 Å².